The highest BCUT2D eigenvalue weighted by atomic mass is 32.2. The van der Waals surface area contributed by atoms with Crippen LogP contribution in [0.2, 0.25) is 0 Å². The molecule has 2 rings (SSSR count). The normalized spacial score (nSPS) is 12.2. The number of nitro benzene ring substituents is 1. The van der Waals surface area contributed by atoms with E-state index >= 15 is 0 Å². The molecule has 0 aromatic heterocycles. The maximum Gasteiger partial charge on any atom is 0.269 e. The molecule has 2 aromatic carbocycles. The van der Waals surface area contributed by atoms with E-state index in [1.165, 1.54) is 46.1 Å². The Morgan fingerprint density at radius 1 is 1.17 bits per heavy atom. The van der Waals surface area contributed by atoms with Crippen LogP contribution < -0.4 is 9.47 Å². The van der Waals surface area contributed by atoms with Gasteiger partial charge in [0.25, 0.3) is 5.69 Å². The molecule has 0 spiro atoms. The predicted molar refractivity (Wildman–Crippen MR) is 113 cm³/mol. The zero-order chi connectivity index (χ0) is 22.5. The average molecular weight is 430 g/mol. The highest BCUT2D eigenvalue weighted by Crippen LogP contribution is 2.31. The molecule has 0 bridgehead atoms. The zero-order valence-corrected chi connectivity index (χ0v) is 17.9. The molecule has 0 aliphatic carbocycles. The number of ether oxygens (including phenoxy) is 2. The van der Waals surface area contributed by atoms with E-state index in [0.717, 1.165) is 5.56 Å². The summed E-state index contributed by atoms with van der Waals surface area (Å²) in [6, 6.07) is 12.5. The lowest BCUT2D eigenvalue weighted by Gasteiger charge is -2.18. The molecule has 0 aliphatic rings. The second-order valence-electron chi connectivity index (χ2n) is 7.36. The Bertz CT molecular complexity index is 1110. The second kappa shape index (κ2) is 8.97. The molecule has 30 heavy (non-hydrogen) atoms. The van der Waals surface area contributed by atoms with Gasteiger partial charge in [-0.05, 0) is 62.2 Å². The van der Waals surface area contributed by atoms with Crippen LogP contribution in [0.1, 0.15) is 31.9 Å². The van der Waals surface area contributed by atoms with Gasteiger partial charge in [0.15, 0.2) is 21.3 Å². The van der Waals surface area contributed by atoms with E-state index in [-0.39, 0.29) is 17.2 Å². The summed E-state index contributed by atoms with van der Waals surface area (Å²) in [7, 11) is -2.35. The van der Waals surface area contributed by atoms with Crippen LogP contribution in [-0.2, 0) is 16.4 Å². The first-order chi connectivity index (χ1) is 14.0. The van der Waals surface area contributed by atoms with Crippen molar-refractivity contribution in [1.82, 2.24) is 0 Å². The maximum absolute atomic E-state index is 12.5. The molecule has 0 saturated heterocycles. The minimum absolute atomic E-state index is 0.00835. The molecule has 0 saturated carbocycles. The van der Waals surface area contributed by atoms with E-state index in [1.807, 2.05) is 0 Å². The van der Waals surface area contributed by atoms with Gasteiger partial charge >= 0.3 is 0 Å². The van der Waals surface area contributed by atoms with Gasteiger partial charge in [0.2, 0.25) is 0 Å². The molecule has 0 amide bonds. The first-order valence-electron chi connectivity index (χ1n) is 8.90. The molecular formula is C21H22N2O6S. The number of methoxy groups -OCH3 is 1. The summed E-state index contributed by atoms with van der Waals surface area (Å²) in [6.45, 7) is 4.75. The van der Waals surface area contributed by atoms with Crippen molar-refractivity contribution in [2.45, 2.75) is 32.1 Å². The van der Waals surface area contributed by atoms with Gasteiger partial charge < -0.3 is 9.47 Å². The molecule has 0 atom stereocenters. The number of rotatable bonds is 7. The largest absolute Gasteiger partial charge is 0.493 e. The van der Waals surface area contributed by atoms with Gasteiger partial charge in [-0.1, -0.05) is 6.07 Å². The van der Waals surface area contributed by atoms with Crippen molar-refractivity contribution in [3.05, 3.63) is 68.6 Å². The van der Waals surface area contributed by atoms with Crippen LogP contribution in [0.4, 0.5) is 5.69 Å². The maximum atomic E-state index is 12.5. The second-order valence-corrected chi connectivity index (χ2v) is 10.0. The molecule has 8 nitrogen and oxygen atoms in total. The van der Waals surface area contributed by atoms with Crippen LogP contribution in [0.15, 0.2) is 47.4 Å². The molecule has 9 heteroatoms. The van der Waals surface area contributed by atoms with E-state index in [2.05, 4.69) is 0 Å². The van der Waals surface area contributed by atoms with Gasteiger partial charge in [-0.2, -0.15) is 5.26 Å². The summed E-state index contributed by atoms with van der Waals surface area (Å²) in [5, 5.41) is 20.1. The highest BCUT2D eigenvalue weighted by Gasteiger charge is 2.33. The molecule has 158 valence electrons. The molecule has 0 fully saturated rings. The third-order valence-corrected chi connectivity index (χ3v) is 6.63. The van der Waals surface area contributed by atoms with E-state index < -0.39 is 19.5 Å². The van der Waals surface area contributed by atoms with Gasteiger partial charge in [0.1, 0.15) is 17.6 Å². The fourth-order valence-corrected chi connectivity index (χ4v) is 3.49. The van der Waals surface area contributed by atoms with Crippen LogP contribution in [0, 0.1) is 21.4 Å². The zero-order valence-electron chi connectivity index (χ0n) is 17.1. The van der Waals surface area contributed by atoms with Crippen LogP contribution in [0.25, 0.3) is 6.08 Å². The van der Waals surface area contributed by atoms with Crippen molar-refractivity contribution < 1.29 is 22.8 Å². The van der Waals surface area contributed by atoms with E-state index in [0.29, 0.717) is 17.1 Å². The van der Waals surface area contributed by atoms with E-state index in [1.54, 1.807) is 36.4 Å². The lowest BCUT2D eigenvalue weighted by Crippen LogP contribution is -2.28. The van der Waals surface area contributed by atoms with Gasteiger partial charge in [-0.15, -0.1) is 0 Å². The molecule has 0 heterocycles. The predicted octanol–water partition coefficient (Wildman–Crippen LogP) is 4.26. The average Bonchev–Trinajstić information content (AvgIpc) is 2.70. The van der Waals surface area contributed by atoms with E-state index in [4.69, 9.17) is 9.47 Å². The number of benzene rings is 2. The number of non-ortho nitro benzene ring substituents is 1. The number of nitriles is 1. The minimum Gasteiger partial charge on any atom is -0.493 e. The Kier molecular flexibility index (Phi) is 6.84. The van der Waals surface area contributed by atoms with E-state index in [9.17, 15) is 23.8 Å². The monoisotopic (exact) mass is 430 g/mol. The summed E-state index contributed by atoms with van der Waals surface area (Å²) >= 11 is 0. The molecule has 0 unspecified atom stereocenters. The van der Waals surface area contributed by atoms with Crippen molar-refractivity contribution in [1.29, 1.82) is 5.26 Å². The quantitative estimate of drug-likeness (QED) is 0.366. The summed E-state index contributed by atoms with van der Waals surface area (Å²) in [5.74, 6) is 0.765. The molecule has 0 radical (unpaired) electrons. The fraction of sp³-hybridized carbons (Fsp3) is 0.286. The third kappa shape index (κ3) is 5.15. The van der Waals surface area contributed by atoms with Crippen LogP contribution >= 0.6 is 0 Å². The van der Waals surface area contributed by atoms with Crippen molar-refractivity contribution in [2.24, 2.45) is 0 Å². The number of nitrogens with zero attached hydrogens (tertiary/aromatic N) is 2. The number of hydrogen-bond donors (Lipinski definition) is 0. The third-order valence-electron chi connectivity index (χ3n) is 4.23. The van der Waals surface area contributed by atoms with Crippen molar-refractivity contribution in [3.63, 3.8) is 0 Å². The molecule has 0 N–H and O–H groups in total. The van der Waals surface area contributed by atoms with Gasteiger partial charge in [-0.3, -0.25) is 10.1 Å². The molecule has 2 aromatic rings. The first-order valence-corrected chi connectivity index (χ1v) is 10.4. The van der Waals surface area contributed by atoms with Crippen molar-refractivity contribution in [3.8, 4) is 17.6 Å². The minimum atomic E-state index is -3.79. The number of nitro groups is 1. The fourth-order valence-electron chi connectivity index (χ4n) is 2.42. The Labute approximate surface area is 175 Å². The van der Waals surface area contributed by atoms with Gasteiger partial charge in [0.05, 0.1) is 16.8 Å². The summed E-state index contributed by atoms with van der Waals surface area (Å²) < 4.78 is 35.0. The van der Waals surface area contributed by atoms with Crippen molar-refractivity contribution in [2.75, 3.05) is 7.11 Å². The standard InChI is InChI=1S/C21H22N2O6S/c1-21(2,3)30(26,27)18(13-22)11-16-7-10-19(20(12-16)28-4)29-14-15-5-8-17(9-6-15)23(24)25/h5-12H,14H2,1-4H3. The Morgan fingerprint density at radius 3 is 2.30 bits per heavy atom. The SMILES string of the molecule is COc1cc(C=C(C#N)S(=O)(=O)C(C)(C)C)ccc1OCc1ccc([N+](=O)[O-])cc1. The van der Waals surface area contributed by atoms with Gasteiger partial charge in [-0.25, -0.2) is 8.42 Å². The molecule has 0 aliphatic heterocycles. The summed E-state index contributed by atoms with van der Waals surface area (Å²) in [6.07, 6.45) is 1.29. The van der Waals surface area contributed by atoms with Gasteiger partial charge in [0, 0.05) is 12.1 Å². The van der Waals surface area contributed by atoms with Crippen LogP contribution in [0.3, 0.4) is 0 Å². The Balaban J connectivity index is 2.26. The number of allylic oxidation sites excluding steroid dienone is 1. The van der Waals surface area contributed by atoms with Crippen molar-refractivity contribution >= 4 is 21.6 Å². The summed E-state index contributed by atoms with van der Waals surface area (Å²) in [4.78, 5) is 9.90. The van der Waals surface area contributed by atoms with Crippen LogP contribution in [-0.4, -0.2) is 25.2 Å². The molecular weight excluding hydrogens is 408 g/mol. The highest BCUT2D eigenvalue weighted by molar-refractivity contribution is 7.97. The lowest BCUT2D eigenvalue weighted by molar-refractivity contribution is -0.384. The summed E-state index contributed by atoms with van der Waals surface area (Å²) in [5.41, 5.74) is 1.19. The lowest BCUT2D eigenvalue weighted by atomic mass is 10.2. The van der Waals surface area contributed by atoms with Crippen LogP contribution in [0.5, 0.6) is 11.5 Å². The topological polar surface area (TPSA) is 120 Å². The number of hydrogen-bond acceptors (Lipinski definition) is 7. The number of sulfone groups is 1. The first kappa shape index (κ1) is 22.9. The Morgan fingerprint density at radius 2 is 1.80 bits per heavy atom. The smallest absolute Gasteiger partial charge is 0.269 e. The Hall–Kier alpha value is -3.38.